The molecule has 0 unspecified atom stereocenters. The number of para-hydroxylation sites is 2. The summed E-state index contributed by atoms with van der Waals surface area (Å²) in [6.45, 7) is 18.1. The van der Waals surface area contributed by atoms with Crippen LogP contribution in [-0.2, 0) is 0 Å². The van der Waals surface area contributed by atoms with Gasteiger partial charge < -0.3 is 18.6 Å². The Morgan fingerprint density at radius 1 is 0.256 bits per heavy atom. The molecule has 15 aromatic rings. The van der Waals surface area contributed by atoms with Gasteiger partial charge in [-0.1, -0.05) is 201 Å². The van der Waals surface area contributed by atoms with E-state index in [1.165, 1.54) is 121 Å². The number of hydrogen-bond acceptors (Lipinski definition) is 2. The third kappa shape index (κ3) is 7.57. The van der Waals surface area contributed by atoms with Gasteiger partial charge in [0.25, 0.3) is 0 Å². The molecule has 4 heterocycles. The molecular formula is C78H66N4. The Bertz CT molecular complexity index is 4450. The van der Waals surface area contributed by atoms with Gasteiger partial charge in [0, 0.05) is 88.3 Å². The lowest BCUT2D eigenvalue weighted by atomic mass is 9.89. The van der Waals surface area contributed by atoms with Gasteiger partial charge in [0.1, 0.15) is 0 Å². The Morgan fingerprint density at radius 3 is 0.854 bits per heavy atom. The van der Waals surface area contributed by atoms with Crippen molar-refractivity contribution in [3.63, 3.8) is 0 Å². The molecule has 82 heavy (non-hydrogen) atoms. The maximum absolute atomic E-state index is 2.63. The van der Waals surface area contributed by atoms with Crippen molar-refractivity contribution in [3.8, 4) is 22.3 Å². The molecule has 4 nitrogen and oxygen atoms in total. The second kappa shape index (κ2) is 19.1. The van der Waals surface area contributed by atoms with E-state index in [9.17, 15) is 0 Å². The second-order valence-electron chi connectivity index (χ2n) is 24.1. The quantitative estimate of drug-likeness (QED) is 0.121. The average Bonchev–Trinajstić information content (AvgIpc) is 2.06. The number of fused-ring (bicyclic) bond motifs is 12. The predicted octanol–water partition coefficient (Wildman–Crippen LogP) is 22.8. The number of aromatic nitrogens is 2. The van der Waals surface area contributed by atoms with E-state index in [0.29, 0.717) is 23.7 Å². The fourth-order valence-corrected chi connectivity index (χ4v) is 13.7. The molecule has 4 aromatic heterocycles. The SMILES string of the molecule is CC(C)c1ccc(N(c2ccc(C(C)C)cc2)c2ccc3c(c2)c2cccc4c5c(-c6ccccc6)c6c(c(-c7ccccc7)c5n3c24)c2cccc3c4cc(N(c5ccc(C(C)C)cc5)c5ccc(C(C)C)cc5)ccc4n6c32)cc1. The van der Waals surface area contributed by atoms with Gasteiger partial charge in [0.2, 0.25) is 0 Å². The first-order chi connectivity index (χ1) is 40.0. The van der Waals surface area contributed by atoms with Crippen molar-refractivity contribution in [1.82, 2.24) is 8.80 Å². The third-order valence-corrected chi connectivity index (χ3v) is 17.9. The minimum absolute atomic E-state index is 0.446. The Kier molecular flexibility index (Phi) is 11.6. The molecule has 11 aromatic carbocycles. The molecule has 0 atom stereocenters. The van der Waals surface area contributed by atoms with Gasteiger partial charge in [0.15, 0.2) is 0 Å². The van der Waals surface area contributed by atoms with E-state index in [0.717, 1.165) is 34.1 Å². The molecule has 0 aliphatic rings. The molecule has 0 aliphatic heterocycles. The first kappa shape index (κ1) is 49.6. The van der Waals surface area contributed by atoms with Gasteiger partial charge in [-0.3, -0.25) is 0 Å². The van der Waals surface area contributed by atoms with Crippen LogP contribution in [0.15, 0.2) is 231 Å². The lowest BCUT2D eigenvalue weighted by Gasteiger charge is -2.26. The summed E-state index contributed by atoms with van der Waals surface area (Å²) in [5, 5.41) is 10.0. The van der Waals surface area contributed by atoms with E-state index in [1.54, 1.807) is 0 Å². The van der Waals surface area contributed by atoms with Crippen molar-refractivity contribution < 1.29 is 0 Å². The van der Waals surface area contributed by atoms with Crippen molar-refractivity contribution in [2.45, 2.75) is 79.1 Å². The molecule has 4 heteroatoms. The van der Waals surface area contributed by atoms with Gasteiger partial charge in [0.05, 0.1) is 33.1 Å². The van der Waals surface area contributed by atoms with Gasteiger partial charge in [-0.15, -0.1) is 0 Å². The Hall–Kier alpha value is -9.38. The van der Waals surface area contributed by atoms with Gasteiger partial charge >= 0.3 is 0 Å². The first-order valence-electron chi connectivity index (χ1n) is 29.5. The fraction of sp³-hybridized carbons (Fsp3) is 0.154. The van der Waals surface area contributed by atoms with Crippen molar-refractivity contribution in [3.05, 3.63) is 253 Å². The van der Waals surface area contributed by atoms with Crippen LogP contribution in [0.2, 0.25) is 0 Å². The number of rotatable bonds is 12. The first-order valence-corrected chi connectivity index (χ1v) is 29.5. The van der Waals surface area contributed by atoms with Crippen LogP contribution in [0.25, 0.3) is 98.4 Å². The fourth-order valence-electron chi connectivity index (χ4n) is 13.7. The molecular weight excluding hydrogens is 993 g/mol. The summed E-state index contributed by atoms with van der Waals surface area (Å²) in [5.41, 5.74) is 24.4. The Morgan fingerprint density at radius 2 is 0.549 bits per heavy atom. The van der Waals surface area contributed by atoms with Crippen LogP contribution in [-0.4, -0.2) is 8.80 Å². The summed E-state index contributed by atoms with van der Waals surface area (Å²) < 4.78 is 5.25. The highest BCUT2D eigenvalue weighted by atomic mass is 15.1. The molecule has 0 spiro atoms. The average molecular weight is 1060 g/mol. The summed E-state index contributed by atoms with van der Waals surface area (Å²) in [6.07, 6.45) is 0. The van der Waals surface area contributed by atoms with Crippen LogP contribution in [0.5, 0.6) is 0 Å². The monoisotopic (exact) mass is 1060 g/mol. The highest BCUT2D eigenvalue weighted by Gasteiger charge is 2.31. The van der Waals surface area contributed by atoms with Gasteiger partial charge in [-0.25, -0.2) is 0 Å². The molecule has 0 saturated carbocycles. The van der Waals surface area contributed by atoms with Gasteiger partial charge in [-0.2, -0.15) is 0 Å². The minimum atomic E-state index is 0.446. The zero-order valence-corrected chi connectivity index (χ0v) is 48.0. The number of hydrogen-bond donors (Lipinski definition) is 0. The molecule has 398 valence electrons. The summed E-state index contributed by atoms with van der Waals surface area (Å²) in [7, 11) is 0. The van der Waals surface area contributed by atoms with Crippen LogP contribution in [0.4, 0.5) is 34.1 Å². The molecule has 0 amide bonds. The van der Waals surface area contributed by atoms with Crippen molar-refractivity contribution in [2.75, 3.05) is 9.80 Å². The van der Waals surface area contributed by atoms with Crippen molar-refractivity contribution in [1.29, 1.82) is 0 Å². The van der Waals surface area contributed by atoms with Crippen LogP contribution in [0.3, 0.4) is 0 Å². The summed E-state index contributed by atoms with van der Waals surface area (Å²) >= 11 is 0. The van der Waals surface area contributed by atoms with E-state index < -0.39 is 0 Å². The molecule has 0 aliphatic carbocycles. The smallest absolute Gasteiger partial charge is 0.0634 e. The third-order valence-electron chi connectivity index (χ3n) is 17.9. The zero-order chi connectivity index (χ0) is 55.7. The maximum atomic E-state index is 2.63. The van der Waals surface area contributed by atoms with Gasteiger partial charge in [-0.05, 0) is 142 Å². The summed E-state index contributed by atoms with van der Waals surface area (Å²) in [6, 6.07) is 87.5. The Balaban J connectivity index is 1.02. The van der Waals surface area contributed by atoms with Crippen LogP contribution < -0.4 is 9.80 Å². The van der Waals surface area contributed by atoms with Crippen LogP contribution in [0, 0.1) is 0 Å². The molecule has 0 saturated heterocycles. The molecule has 0 fully saturated rings. The van der Waals surface area contributed by atoms with E-state index in [-0.39, 0.29) is 0 Å². The lowest BCUT2D eigenvalue weighted by molar-refractivity contribution is 0.866. The van der Waals surface area contributed by atoms with Crippen LogP contribution in [0.1, 0.15) is 101 Å². The molecule has 0 bridgehead atoms. The highest BCUT2D eigenvalue weighted by molar-refractivity contribution is 6.38. The zero-order valence-electron chi connectivity index (χ0n) is 48.0. The summed E-state index contributed by atoms with van der Waals surface area (Å²) in [4.78, 5) is 4.87. The number of anilines is 6. The van der Waals surface area contributed by atoms with E-state index >= 15 is 0 Å². The largest absolute Gasteiger partial charge is 0.310 e. The standard InChI is InChI=1S/C78H66N4/c1-47(2)51-25-33-57(34-26-51)79(58-35-27-52(28-36-58)48(3)4)61-41-43-69-67(45-61)63-21-15-23-65-73-72(56-19-13-10-14-20-56)78-74(71(55-17-11-9-12-18-55)77(73)81(69)75(63)65)66-24-16-22-64-68-46-62(42-44-70(68)82(78)76(64)66)80(59-37-29-53(30-38-59)49(5)6)60-39-31-54(32-40-60)50(7)8/h9-50H,1-8H3. The normalized spacial score (nSPS) is 12.3. The van der Waals surface area contributed by atoms with Crippen molar-refractivity contribution >= 4 is 110 Å². The second-order valence-corrected chi connectivity index (χ2v) is 24.1. The van der Waals surface area contributed by atoms with E-state index in [4.69, 9.17) is 0 Å². The maximum Gasteiger partial charge on any atom is 0.0634 e. The predicted molar refractivity (Wildman–Crippen MR) is 352 cm³/mol. The van der Waals surface area contributed by atoms with Crippen LogP contribution >= 0.6 is 0 Å². The topological polar surface area (TPSA) is 15.3 Å². The molecule has 0 N–H and O–H groups in total. The van der Waals surface area contributed by atoms with E-state index in [2.05, 4.69) is 305 Å². The number of nitrogens with zero attached hydrogens (tertiary/aromatic N) is 4. The molecule has 15 rings (SSSR count). The highest BCUT2D eigenvalue weighted by Crippen LogP contribution is 2.55. The minimum Gasteiger partial charge on any atom is -0.310 e. The van der Waals surface area contributed by atoms with Crippen molar-refractivity contribution in [2.24, 2.45) is 0 Å². The lowest BCUT2D eigenvalue weighted by Crippen LogP contribution is -2.10. The molecule has 0 radical (unpaired) electrons. The number of benzene rings is 11. The summed E-state index contributed by atoms with van der Waals surface area (Å²) in [5.74, 6) is 1.78. The Labute approximate surface area is 480 Å². The van der Waals surface area contributed by atoms with E-state index in [1.807, 2.05) is 0 Å².